The number of hydrogen-bond acceptors (Lipinski definition) is 5. The molecule has 0 atom stereocenters. The number of carbonyl (C=O) groups is 1. The van der Waals surface area contributed by atoms with Crippen molar-refractivity contribution < 1.29 is 14.5 Å². The summed E-state index contributed by atoms with van der Waals surface area (Å²) in [6.45, 7) is 4.47. The summed E-state index contributed by atoms with van der Waals surface area (Å²) < 4.78 is 5.25. The van der Waals surface area contributed by atoms with Gasteiger partial charge in [-0.2, -0.15) is 0 Å². The summed E-state index contributed by atoms with van der Waals surface area (Å²) in [6, 6.07) is 12.8. The van der Waals surface area contributed by atoms with Gasteiger partial charge < -0.3 is 15.4 Å². The van der Waals surface area contributed by atoms with Gasteiger partial charge in [0.2, 0.25) is 0 Å². The second-order valence-corrected chi connectivity index (χ2v) is 6.56. The Morgan fingerprint density at radius 3 is 2.68 bits per heavy atom. The van der Waals surface area contributed by atoms with Gasteiger partial charge in [-0.1, -0.05) is 44.2 Å². The summed E-state index contributed by atoms with van der Waals surface area (Å²) in [5, 5.41) is 17.2. The maximum Gasteiger partial charge on any atom is 0.296 e. The van der Waals surface area contributed by atoms with E-state index >= 15 is 0 Å². The van der Waals surface area contributed by atoms with E-state index in [0.29, 0.717) is 23.7 Å². The third-order valence-electron chi connectivity index (χ3n) is 4.20. The quantitative estimate of drug-likeness (QED) is 0.643. The van der Waals surface area contributed by atoms with Crippen LogP contribution in [0.2, 0.25) is 0 Å². The molecule has 0 spiro atoms. The monoisotopic (exact) mass is 341 g/mol. The molecule has 1 aliphatic rings. The number of nitro benzene ring substituents is 1. The maximum absolute atomic E-state index is 11.5. The molecule has 0 unspecified atom stereocenters. The van der Waals surface area contributed by atoms with Gasteiger partial charge in [0.05, 0.1) is 16.7 Å². The second kappa shape index (κ2) is 6.43. The summed E-state index contributed by atoms with van der Waals surface area (Å²) in [6.07, 6.45) is 0. The molecular formula is C18H19N3O4. The van der Waals surface area contributed by atoms with E-state index in [0.717, 1.165) is 5.56 Å². The molecule has 25 heavy (non-hydrogen) atoms. The number of rotatable bonds is 5. The Labute approximate surface area is 145 Å². The highest BCUT2D eigenvalue weighted by molar-refractivity contribution is 5.96. The Balaban J connectivity index is 1.87. The molecule has 0 fully saturated rings. The van der Waals surface area contributed by atoms with Crippen molar-refractivity contribution in [2.24, 2.45) is 0 Å². The second-order valence-electron chi connectivity index (χ2n) is 6.56. The Bertz CT molecular complexity index is 819. The lowest BCUT2D eigenvalue weighted by molar-refractivity contribution is -0.384. The van der Waals surface area contributed by atoms with Crippen LogP contribution in [0.15, 0.2) is 42.5 Å². The largest absolute Gasteiger partial charge is 0.481 e. The molecule has 0 radical (unpaired) electrons. The number of fused-ring (bicyclic) bond motifs is 1. The van der Waals surface area contributed by atoms with Crippen LogP contribution in [0.1, 0.15) is 19.4 Å². The lowest BCUT2D eigenvalue weighted by atomic mass is 9.84. The number of ether oxygens (including phenoxy) is 1. The van der Waals surface area contributed by atoms with Gasteiger partial charge in [-0.3, -0.25) is 14.9 Å². The highest BCUT2D eigenvalue weighted by Gasteiger charge is 2.26. The summed E-state index contributed by atoms with van der Waals surface area (Å²) in [5.41, 5.74) is 1.59. The van der Waals surface area contributed by atoms with Crippen molar-refractivity contribution in [1.82, 2.24) is 0 Å². The van der Waals surface area contributed by atoms with Gasteiger partial charge in [0.1, 0.15) is 5.69 Å². The molecule has 2 aromatic carbocycles. The number of amides is 1. The average molecular weight is 341 g/mol. The molecule has 7 heteroatoms. The van der Waals surface area contributed by atoms with Crippen LogP contribution in [0.4, 0.5) is 17.1 Å². The van der Waals surface area contributed by atoms with Crippen molar-refractivity contribution in [3.63, 3.8) is 0 Å². The summed E-state index contributed by atoms with van der Waals surface area (Å²) in [7, 11) is 0. The van der Waals surface area contributed by atoms with Gasteiger partial charge in [-0.05, 0) is 11.6 Å². The molecule has 3 rings (SSSR count). The van der Waals surface area contributed by atoms with Crippen LogP contribution in [0.25, 0.3) is 0 Å². The van der Waals surface area contributed by atoms with Crippen LogP contribution in [-0.4, -0.2) is 24.0 Å². The molecule has 2 aromatic rings. The highest BCUT2D eigenvalue weighted by atomic mass is 16.6. The molecule has 2 N–H and O–H groups in total. The number of carbonyl (C=O) groups excluding carboxylic acids is 1. The SMILES string of the molecule is CC(C)(CNc1cc2c(cc1[N+](=O)[O-])OCC(=O)N2)c1ccccc1. The molecule has 1 heterocycles. The molecule has 0 bridgehead atoms. The molecule has 1 aliphatic heterocycles. The van der Waals surface area contributed by atoms with Crippen molar-refractivity contribution in [3.8, 4) is 5.75 Å². The first-order valence-electron chi connectivity index (χ1n) is 7.91. The van der Waals surface area contributed by atoms with E-state index in [-0.39, 0.29) is 23.6 Å². The third kappa shape index (κ3) is 3.55. The van der Waals surface area contributed by atoms with Gasteiger partial charge in [0.15, 0.2) is 12.4 Å². The lowest BCUT2D eigenvalue weighted by Gasteiger charge is -2.26. The zero-order chi connectivity index (χ0) is 18.0. The molecular weight excluding hydrogens is 322 g/mol. The minimum atomic E-state index is -0.460. The lowest BCUT2D eigenvalue weighted by Crippen LogP contribution is -2.28. The maximum atomic E-state index is 11.5. The number of nitrogens with one attached hydrogen (secondary N) is 2. The van der Waals surface area contributed by atoms with E-state index in [2.05, 4.69) is 24.5 Å². The zero-order valence-corrected chi connectivity index (χ0v) is 14.0. The number of benzene rings is 2. The Kier molecular flexibility index (Phi) is 4.31. The summed E-state index contributed by atoms with van der Waals surface area (Å²) in [4.78, 5) is 22.4. The molecule has 0 aliphatic carbocycles. The topological polar surface area (TPSA) is 93.5 Å². The first-order chi connectivity index (χ1) is 11.9. The standard InChI is InChI=1S/C18H19N3O4/c1-18(2,12-6-4-3-5-7-12)11-19-13-8-14-16(9-15(13)21(23)24)25-10-17(22)20-14/h3-9,19H,10-11H2,1-2H3,(H,20,22). The van der Waals surface area contributed by atoms with Crippen molar-refractivity contribution in [2.45, 2.75) is 19.3 Å². The third-order valence-corrected chi connectivity index (χ3v) is 4.20. The minimum absolute atomic E-state index is 0.0845. The fourth-order valence-electron chi connectivity index (χ4n) is 2.72. The van der Waals surface area contributed by atoms with Crippen molar-refractivity contribution in [1.29, 1.82) is 0 Å². The summed E-state index contributed by atoms with van der Waals surface area (Å²) in [5.74, 6) is 0.0242. The smallest absolute Gasteiger partial charge is 0.296 e. The van der Waals surface area contributed by atoms with Crippen LogP contribution in [0.5, 0.6) is 5.75 Å². The van der Waals surface area contributed by atoms with Gasteiger partial charge >= 0.3 is 0 Å². The minimum Gasteiger partial charge on any atom is -0.481 e. The van der Waals surface area contributed by atoms with Gasteiger partial charge in [0.25, 0.3) is 11.6 Å². The van der Waals surface area contributed by atoms with E-state index < -0.39 is 4.92 Å². The number of nitrogens with zero attached hydrogens (tertiary/aromatic N) is 1. The first-order valence-corrected chi connectivity index (χ1v) is 7.91. The van der Waals surface area contributed by atoms with Crippen molar-refractivity contribution in [3.05, 3.63) is 58.1 Å². The zero-order valence-electron chi connectivity index (χ0n) is 14.0. The molecule has 1 amide bonds. The molecule has 0 saturated heterocycles. The predicted octanol–water partition coefficient (Wildman–Crippen LogP) is 3.32. The van der Waals surface area contributed by atoms with E-state index in [9.17, 15) is 14.9 Å². The Hall–Kier alpha value is -3.09. The Morgan fingerprint density at radius 1 is 1.28 bits per heavy atom. The predicted molar refractivity (Wildman–Crippen MR) is 95.2 cm³/mol. The molecule has 0 aromatic heterocycles. The fraction of sp³-hybridized carbons (Fsp3) is 0.278. The van der Waals surface area contributed by atoms with Crippen LogP contribution < -0.4 is 15.4 Å². The highest BCUT2D eigenvalue weighted by Crippen LogP contribution is 2.38. The molecule has 0 saturated carbocycles. The first kappa shape index (κ1) is 16.8. The van der Waals surface area contributed by atoms with Crippen molar-refractivity contribution >= 4 is 23.0 Å². The fourth-order valence-corrected chi connectivity index (χ4v) is 2.72. The van der Waals surface area contributed by atoms with E-state index in [1.165, 1.54) is 6.07 Å². The number of nitro groups is 1. The van der Waals surface area contributed by atoms with Crippen molar-refractivity contribution in [2.75, 3.05) is 23.8 Å². The number of anilines is 2. The average Bonchev–Trinajstić information content (AvgIpc) is 2.59. The van der Waals surface area contributed by atoms with Gasteiger partial charge in [-0.15, -0.1) is 0 Å². The molecule has 130 valence electrons. The summed E-state index contributed by atoms with van der Waals surface area (Å²) >= 11 is 0. The van der Waals surface area contributed by atoms with E-state index in [1.807, 2.05) is 30.3 Å². The van der Waals surface area contributed by atoms with Crippen LogP contribution in [0, 0.1) is 10.1 Å². The molecule has 7 nitrogen and oxygen atoms in total. The number of hydrogen-bond donors (Lipinski definition) is 2. The van der Waals surface area contributed by atoms with Crippen LogP contribution in [0.3, 0.4) is 0 Å². The van der Waals surface area contributed by atoms with Crippen LogP contribution >= 0.6 is 0 Å². The van der Waals surface area contributed by atoms with Crippen LogP contribution in [-0.2, 0) is 10.2 Å². The Morgan fingerprint density at radius 2 is 2.00 bits per heavy atom. The van der Waals surface area contributed by atoms with Gasteiger partial charge in [-0.25, -0.2) is 0 Å². The van der Waals surface area contributed by atoms with E-state index in [1.54, 1.807) is 6.07 Å². The van der Waals surface area contributed by atoms with Gasteiger partial charge in [0, 0.05) is 12.0 Å². The normalized spacial score (nSPS) is 13.4. The van der Waals surface area contributed by atoms with E-state index in [4.69, 9.17) is 4.74 Å².